The quantitative estimate of drug-likeness (QED) is 0.894. The summed E-state index contributed by atoms with van der Waals surface area (Å²) in [6, 6.07) is 7.49. The van der Waals surface area contributed by atoms with E-state index in [0.29, 0.717) is 5.56 Å². The molecule has 1 amide bonds. The van der Waals surface area contributed by atoms with E-state index in [1.54, 1.807) is 11.9 Å². The van der Waals surface area contributed by atoms with Gasteiger partial charge < -0.3 is 10.0 Å². The molecule has 1 atom stereocenters. The number of aliphatic hydroxyl groups is 1. The van der Waals surface area contributed by atoms with Gasteiger partial charge in [0.25, 0.3) is 5.91 Å². The molecular weight excluding hydrogens is 226 g/mol. The molecular formula is C15H23NO2. The summed E-state index contributed by atoms with van der Waals surface area (Å²) < 4.78 is 0. The van der Waals surface area contributed by atoms with Crippen molar-refractivity contribution in [3.63, 3.8) is 0 Å². The summed E-state index contributed by atoms with van der Waals surface area (Å²) >= 11 is 0. The van der Waals surface area contributed by atoms with Crippen molar-refractivity contribution < 1.29 is 9.90 Å². The fourth-order valence-corrected chi connectivity index (χ4v) is 1.84. The molecule has 0 radical (unpaired) electrons. The second kappa shape index (κ2) is 5.53. The van der Waals surface area contributed by atoms with Gasteiger partial charge in [0.1, 0.15) is 0 Å². The number of aliphatic hydroxyl groups excluding tert-OH is 1. The van der Waals surface area contributed by atoms with Crippen molar-refractivity contribution in [3.05, 3.63) is 35.4 Å². The highest BCUT2D eigenvalue weighted by atomic mass is 16.3. The Bertz CT molecular complexity index is 421. The molecule has 1 aromatic carbocycles. The van der Waals surface area contributed by atoms with Gasteiger partial charge in [0, 0.05) is 12.6 Å². The Kier molecular flexibility index (Phi) is 4.52. The van der Waals surface area contributed by atoms with Crippen molar-refractivity contribution in [3.8, 4) is 0 Å². The number of amides is 1. The third-order valence-corrected chi connectivity index (χ3v) is 3.21. The molecule has 3 heteroatoms. The molecule has 0 aliphatic rings. The minimum absolute atomic E-state index is 0.0279. The molecule has 0 saturated carbocycles. The molecule has 1 rings (SSSR count). The first-order chi connectivity index (χ1) is 8.29. The lowest BCUT2D eigenvalue weighted by Crippen LogP contribution is -2.38. The maximum Gasteiger partial charge on any atom is 0.254 e. The summed E-state index contributed by atoms with van der Waals surface area (Å²) in [5, 5.41) is 9.14. The van der Waals surface area contributed by atoms with Gasteiger partial charge in [-0.15, -0.1) is 0 Å². The second-order valence-corrected chi connectivity index (χ2v) is 5.74. The first kappa shape index (κ1) is 14.7. The van der Waals surface area contributed by atoms with Gasteiger partial charge in [-0.3, -0.25) is 4.79 Å². The van der Waals surface area contributed by atoms with Crippen LogP contribution in [0.4, 0.5) is 0 Å². The molecule has 18 heavy (non-hydrogen) atoms. The number of hydrogen-bond donors (Lipinski definition) is 1. The van der Waals surface area contributed by atoms with Crippen LogP contribution in [0.25, 0.3) is 0 Å². The van der Waals surface area contributed by atoms with Gasteiger partial charge in [-0.25, -0.2) is 0 Å². The number of likely N-dealkylation sites (N-methyl/N-ethyl adjacent to an activating group) is 1. The Labute approximate surface area is 109 Å². The van der Waals surface area contributed by atoms with Crippen LogP contribution in [0, 0.1) is 0 Å². The number of nitrogens with zero attached hydrogens (tertiary/aromatic N) is 1. The van der Waals surface area contributed by atoms with E-state index >= 15 is 0 Å². The van der Waals surface area contributed by atoms with Crippen LogP contribution in [0.3, 0.4) is 0 Å². The van der Waals surface area contributed by atoms with Crippen LogP contribution in [0.2, 0.25) is 0 Å². The lowest BCUT2D eigenvalue weighted by molar-refractivity contribution is 0.0679. The van der Waals surface area contributed by atoms with Gasteiger partial charge >= 0.3 is 0 Å². The van der Waals surface area contributed by atoms with Crippen LogP contribution in [-0.2, 0) is 5.41 Å². The van der Waals surface area contributed by atoms with E-state index < -0.39 is 0 Å². The van der Waals surface area contributed by atoms with E-state index in [1.807, 2.05) is 31.2 Å². The van der Waals surface area contributed by atoms with Gasteiger partial charge in [0.2, 0.25) is 0 Å². The van der Waals surface area contributed by atoms with E-state index in [0.717, 1.165) is 5.56 Å². The number of rotatable bonds is 3. The highest BCUT2D eigenvalue weighted by molar-refractivity contribution is 5.96. The summed E-state index contributed by atoms with van der Waals surface area (Å²) in [6.45, 7) is 8.08. The Morgan fingerprint density at radius 3 is 2.39 bits per heavy atom. The fourth-order valence-electron chi connectivity index (χ4n) is 1.84. The molecule has 0 heterocycles. The molecule has 0 aliphatic carbocycles. The predicted molar refractivity (Wildman–Crippen MR) is 73.8 cm³/mol. The van der Waals surface area contributed by atoms with Gasteiger partial charge in [0.05, 0.1) is 12.6 Å². The van der Waals surface area contributed by atoms with Crippen LogP contribution >= 0.6 is 0 Å². The average molecular weight is 249 g/mol. The lowest BCUT2D eigenvalue weighted by Gasteiger charge is -2.27. The zero-order valence-corrected chi connectivity index (χ0v) is 11.9. The van der Waals surface area contributed by atoms with Crippen molar-refractivity contribution in [2.45, 2.75) is 39.2 Å². The topological polar surface area (TPSA) is 40.5 Å². The third kappa shape index (κ3) is 3.10. The molecule has 0 saturated heterocycles. The molecule has 3 nitrogen and oxygen atoms in total. The molecule has 0 bridgehead atoms. The Hall–Kier alpha value is -1.35. The Morgan fingerprint density at radius 2 is 1.89 bits per heavy atom. The normalized spacial score (nSPS) is 13.2. The molecule has 100 valence electrons. The molecule has 1 N–H and O–H groups in total. The van der Waals surface area contributed by atoms with E-state index in [4.69, 9.17) is 5.11 Å². The summed E-state index contributed by atoms with van der Waals surface area (Å²) in [7, 11) is 1.72. The third-order valence-electron chi connectivity index (χ3n) is 3.21. The summed E-state index contributed by atoms with van der Waals surface area (Å²) in [6.07, 6.45) is 0. The lowest BCUT2D eigenvalue weighted by atomic mass is 9.83. The molecule has 0 fully saturated rings. The van der Waals surface area contributed by atoms with Gasteiger partial charge in [-0.2, -0.15) is 0 Å². The number of carbonyl (C=O) groups excluding carboxylic acids is 1. The monoisotopic (exact) mass is 249 g/mol. The van der Waals surface area contributed by atoms with Crippen LogP contribution in [0.15, 0.2) is 24.3 Å². The first-order valence-electron chi connectivity index (χ1n) is 6.26. The van der Waals surface area contributed by atoms with Crippen LogP contribution < -0.4 is 0 Å². The smallest absolute Gasteiger partial charge is 0.254 e. The maximum atomic E-state index is 12.4. The van der Waals surface area contributed by atoms with Gasteiger partial charge in [-0.05, 0) is 24.0 Å². The van der Waals surface area contributed by atoms with Crippen LogP contribution in [0.1, 0.15) is 43.6 Å². The van der Waals surface area contributed by atoms with E-state index in [1.165, 1.54) is 0 Å². The predicted octanol–water partition coefficient (Wildman–Crippen LogP) is 2.44. The second-order valence-electron chi connectivity index (χ2n) is 5.74. The van der Waals surface area contributed by atoms with Crippen molar-refractivity contribution in [2.75, 3.05) is 13.7 Å². The summed E-state index contributed by atoms with van der Waals surface area (Å²) in [4.78, 5) is 14.0. The largest absolute Gasteiger partial charge is 0.394 e. The highest BCUT2D eigenvalue weighted by Crippen LogP contribution is 2.26. The first-order valence-corrected chi connectivity index (χ1v) is 6.26. The zero-order chi connectivity index (χ0) is 13.9. The fraction of sp³-hybridized carbons (Fsp3) is 0.533. The zero-order valence-electron chi connectivity index (χ0n) is 11.9. The number of carbonyl (C=O) groups is 1. The van der Waals surface area contributed by atoms with E-state index in [2.05, 4.69) is 20.8 Å². The van der Waals surface area contributed by atoms with Crippen molar-refractivity contribution in [2.24, 2.45) is 0 Å². The van der Waals surface area contributed by atoms with E-state index in [9.17, 15) is 4.79 Å². The molecule has 1 aromatic rings. The minimum Gasteiger partial charge on any atom is -0.394 e. The average Bonchev–Trinajstić information content (AvgIpc) is 2.35. The maximum absolute atomic E-state index is 12.4. The minimum atomic E-state index is -0.175. The van der Waals surface area contributed by atoms with Gasteiger partial charge in [0.15, 0.2) is 0 Å². The van der Waals surface area contributed by atoms with Crippen molar-refractivity contribution in [1.82, 2.24) is 4.90 Å². The molecule has 0 aliphatic heterocycles. The molecule has 0 aromatic heterocycles. The molecule has 1 unspecified atom stereocenters. The SMILES string of the molecule is CC(CO)N(C)C(=O)c1ccccc1C(C)(C)C. The Morgan fingerprint density at radius 1 is 1.33 bits per heavy atom. The number of benzene rings is 1. The van der Waals surface area contributed by atoms with E-state index in [-0.39, 0.29) is 24.0 Å². The van der Waals surface area contributed by atoms with Crippen LogP contribution in [0.5, 0.6) is 0 Å². The van der Waals surface area contributed by atoms with Crippen molar-refractivity contribution in [1.29, 1.82) is 0 Å². The van der Waals surface area contributed by atoms with Gasteiger partial charge in [-0.1, -0.05) is 39.0 Å². The Balaban J connectivity index is 3.14. The summed E-state index contributed by atoms with van der Waals surface area (Å²) in [5.74, 6) is -0.0397. The highest BCUT2D eigenvalue weighted by Gasteiger charge is 2.24. The number of hydrogen-bond acceptors (Lipinski definition) is 2. The molecule has 0 spiro atoms. The van der Waals surface area contributed by atoms with Crippen molar-refractivity contribution >= 4 is 5.91 Å². The standard InChI is InChI=1S/C15H23NO2/c1-11(10-17)16(5)14(18)12-8-6-7-9-13(12)15(2,3)4/h6-9,11,17H,10H2,1-5H3. The summed E-state index contributed by atoms with van der Waals surface area (Å²) in [5.41, 5.74) is 1.68. The van der Waals surface area contributed by atoms with Crippen LogP contribution in [-0.4, -0.2) is 35.6 Å².